The van der Waals surface area contributed by atoms with Gasteiger partial charge in [0.2, 0.25) is 0 Å². The standard InChI is InChI=1S/C24H18Br2N2O5/c1-32-21(29)12-28-23(30)20(27-24(28)31)11-14-9-18(25)22(19(26)10-14)33-13-16-7-4-6-15-5-2-3-8-17(15)16/h2-11H,12-13H2,1H3,(H,27,31)/b20-11+. The van der Waals surface area contributed by atoms with E-state index < -0.39 is 24.5 Å². The van der Waals surface area contributed by atoms with E-state index in [1.165, 1.54) is 13.2 Å². The fourth-order valence-corrected chi connectivity index (χ4v) is 4.90. The van der Waals surface area contributed by atoms with E-state index in [9.17, 15) is 14.4 Å². The van der Waals surface area contributed by atoms with Gasteiger partial charge in [0.25, 0.3) is 5.91 Å². The van der Waals surface area contributed by atoms with E-state index >= 15 is 0 Å². The molecule has 3 amide bonds. The number of ether oxygens (including phenoxy) is 2. The lowest BCUT2D eigenvalue weighted by Gasteiger charge is -2.13. The molecule has 0 atom stereocenters. The molecule has 0 radical (unpaired) electrons. The highest BCUT2D eigenvalue weighted by molar-refractivity contribution is 9.11. The third kappa shape index (κ3) is 4.94. The normalized spacial score (nSPS) is 14.6. The smallest absolute Gasteiger partial charge is 0.329 e. The number of imide groups is 1. The number of methoxy groups -OCH3 is 1. The first-order valence-corrected chi connectivity index (χ1v) is 11.5. The SMILES string of the molecule is COC(=O)CN1C(=O)N/C(=C/c2cc(Br)c(OCc3cccc4ccccc34)c(Br)c2)C1=O. The Bertz CT molecular complexity index is 1280. The van der Waals surface area contributed by atoms with Gasteiger partial charge in [-0.2, -0.15) is 0 Å². The number of hydrogen-bond acceptors (Lipinski definition) is 5. The summed E-state index contributed by atoms with van der Waals surface area (Å²) in [7, 11) is 1.19. The quantitative estimate of drug-likeness (QED) is 0.254. The van der Waals surface area contributed by atoms with Gasteiger partial charge in [-0.1, -0.05) is 42.5 Å². The first kappa shape index (κ1) is 23.0. The Kier molecular flexibility index (Phi) is 6.80. The molecule has 0 aliphatic carbocycles. The minimum absolute atomic E-state index is 0.0622. The Morgan fingerprint density at radius 3 is 2.48 bits per heavy atom. The van der Waals surface area contributed by atoms with Crippen molar-refractivity contribution in [3.8, 4) is 5.75 Å². The second kappa shape index (κ2) is 9.76. The van der Waals surface area contributed by atoms with Crippen molar-refractivity contribution in [3.63, 3.8) is 0 Å². The molecule has 168 valence electrons. The summed E-state index contributed by atoms with van der Waals surface area (Å²) >= 11 is 7.05. The van der Waals surface area contributed by atoms with Gasteiger partial charge in [-0.05, 0) is 72.0 Å². The largest absolute Gasteiger partial charge is 0.487 e. The third-order valence-electron chi connectivity index (χ3n) is 5.06. The number of nitrogens with zero attached hydrogens (tertiary/aromatic N) is 1. The molecule has 0 spiro atoms. The zero-order valence-corrected chi connectivity index (χ0v) is 20.6. The van der Waals surface area contributed by atoms with Crippen molar-refractivity contribution in [1.82, 2.24) is 10.2 Å². The summed E-state index contributed by atoms with van der Waals surface area (Å²) in [5, 5.41) is 4.75. The first-order valence-electron chi connectivity index (χ1n) is 9.87. The molecule has 1 saturated heterocycles. The lowest BCUT2D eigenvalue weighted by atomic mass is 10.1. The number of urea groups is 1. The predicted molar refractivity (Wildman–Crippen MR) is 130 cm³/mol. The van der Waals surface area contributed by atoms with Crippen LogP contribution in [0.3, 0.4) is 0 Å². The van der Waals surface area contributed by atoms with E-state index in [-0.39, 0.29) is 5.70 Å². The van der Waals surface area contributed by atoms with Crippen LogP contribution in [0.1, 0.15) is 11.1 Å². The van der Waals surface area contributed by atoms with E-state index in [1.807, 2.05) is 24.3 Å². The van der Waals surface area contributed by atoms with Gasteiger partial charge in [0, 0.05) is 0 Å². The van der Waals surface area contributed by atoms with Gasteiger partial charge in [-0.15, -0.1) is 0 Å². The van der Waals surface area contributed by atoms with E-state index in [4.69, 9.17) is 4.74 Å². The van der Waals surface area contributed by atoms with Crippen LogP contribution in [0, 0.1) is 0 Å². The van der Waals surface area contributed by atoms with Crippen LogP contribution in [0.25, 0.3) is 16.8 Å². The monoisotopic (exact) mass is 572 g/mol. The zero-order valence-electron chi connectivity index (χ0n) is 17.4. The highest BCUT2D eigenvalue weighted by Crippen LogP contribution is 2.36. The predicted octanol–water partition coefficient (Wildman–Crippen LogP) is 5.01. The van der Waals surface area contributed by atoms with Gasteiger partial charge >= 0.3 is 12.0 Å². The molecule has 0 aromatic heterocycles. The van der Waals surface area contributed by atoms with Crippen molar-refractivity contribution in [2.75, 3.05) is 13.7 Å². The number of fused-ring (bicyclic) bond motifs is 1. The Morgan fingerprint density at radius 1 is 1.06 bits per heavy atom. The molecule has 3 aromatic carbocycles. The highest BCUT2D eigenvalue weighted by Gasteiger charge is 2.35. The summed E-state index contributed by atoms with van der Waals surface area (Å²) in [5.74, 6) is -0.675. The fraction of sp³-hybridized carbons (Fsp3) is 0.125. The van der Waals surface area contributed by atoms with Gasteiger partial charge in [0.1, 0.15) is 24.6 Å². The summed E-state index contributed by atoms with van der Waals surface area (Å²) in [6.07, 6.45) is 1.53. The van der Waals surface area contributed by atoms with Crippen LogP contribution < -0.4 is 10.1 Å². The summed E-state index contributed by atoms with van der Waals surface area (Å²) in [6, 6.07) is 17.1. The van der Waals surface area contributed by atoms with E-state index in [2.05, 4.69) is 60.1 Å². The second-order valence-electron chi connectivity index (χ2n) is 7.20. The molecule has 0 unspecified atom stereocenters. The molecule has 1 aliphatic heterocycles. The number of rotatable bonds is 6. The van der Waals surface area contributed by atoms with Crippen molar-refractivity contribution in [1.29, 1.82) is 0 Å². The third-order valence-corrected chi connectivity index (χ3v) is 6.24. The average Bonchev–Trinajstić information content (AvgIpc) is 3.05. The number of halogens is 2. The summed E-state index contributed by atoms with van der Waals surface area (Å²) < 4.78 is 12.0. The molecule has 33 heavy (non-hydrogen) atoms. The van der Waals surface area contributed by atoms with Crippen LogP contribution in [-0.2, 0) is 20.9 Å². The molecule has 4 rings (SSSR count). The van der Waals surface area contributed by atoms with E-state index in [1.54, 1.807) is 12.1 Å². The van der Waals surface area contributed by atoms with Gasteiger partial charge in [0.05, 0.1) is 16.1 Å². The van der Waals surface area contributed by atoms with Crippen molar-refractivity contribution in [3.05, 3.63) is 80.4 Å². The molecule has 9 heteroatoms. The molecule has 1 heterocycles. The number of esters is 1. The van der Waals surface area contributed by atoms with Gasteiger partial charge in [-0.3, -0.25) is 9.59 Å². The van der Waals surface area contributed by atoms with E-state index in [0.29, 0.717) is 26.9 Å². The van der Waals surface area contributed by atoms with E-state index in [0.717, 1.165) is 21.2 Å². The summed E-state index contributed by atoms with van der Waals surface area (Å²) in [5.41, 5.74) is 1.77. The second-order valence-corrected chi connectivity index (χ2v) is 8.90. The summed E-state index contributed by atoms with van der Waals surface area (Å²) in [4.78, 5) is 36.8. The minimum atomic E-state index is -0.682. The van der Waals surface area contributed by atoms with Crippen molar-refractivity contribution in [2.24, 2.45) is 0 Å². The molecular formula is C24H18Br2N2O5. The first-order chi connectivity index (χ1) is 15.9. The van der Waals surface area contributed by atoms with Gasteiger partial charge in [-0.25, -0.2) is 9.69 Å². The molecule has 3 aromatic rings. The maximum atomic E-state index is 12.5. The number of nitrogens with one attached hydrogen (secondary N) is 1. The average molecular weight is 574 g/mol. The maximum absolute atomic E-state index is 12.5. The number of benzene rings is 3. The van der Waals surface area contributed by atoms with Crippen LogP contribution in [0.15, 0.2) is 69.2 Å². The van der Waals surface area contributed by atoms with Crippen LogP contribution in [0.4, 0.5) is 4.79 Å². The summed E-state index contributed by atoms with van der Waals surface area (Å²) in [6.45, 7) is -0.0805. The molecule has 7 nitrogen and oxygen atoms in total. The number of hydrogen-bond donors (Lipinski definition) is 1. The number of amides is 3. The lowest BCUT2D eigenvalue weighted by Crippen LogP contribution is -2.36. The topological polar surface area (TPSA) is 84.9 Å². The fourth-order valence-electron chi connectivity index (χ4n) is 3.44. The van der Waals surface area contributed by atoms with Gasteiger partial charge in [0.15, 0.2) is 0 Å². The Balaban J connectivity index is 1.53. The molecular weight excluding hydrogens is 556 g/mol. The Labute approximate surface area is 206 Å². The van der Waals surface area contributed by atoms with Crippen molar-refractivity contribution in [2.45, 2.75) is 6.61 Å². The number of carbonyl (C=O) groups is 3. The minimum Gasteiger partial charge on any atom is -0.487 e. The molecule has 1 N–H and O–H groups in total. The van der Waals surface area contributed by atoms with Crippen LogP contribution in [0.2, 0.25) is 0 Å². The van der Waals surface area contributed by atoms with Crippen LogP contribution in [0.5, 0.6) is 5.75 Å². The van der Waals surface area contributed by atoms with Crippen molar-refractivity contribution >= 4 is 66.6 Å². The molecule has 1 fully saturated rings. The zero-order chi connectivity index (χ0) is 23.5. The molecule has 0 bridgehead atoms. The highest BCUT2D eigenvalue weighted by atomic mass is 79.9. The molecule has 0 saturated carbocycles. The Morgan fingerprint density at radius 2 is 1.76 bits per heavy atom. The maximum Gasteiger partial charge on any atom is 0.329 e. The van der Waals surface area contributed by atoms with Crippen molar-refractivity contribution < 1.29 is 23.9 Å². The Hall–Kier alpha value is -3.17. The lowest BCUT2D eigenvalue weighted by molar-refractivity contribution is -0.143. The van der Waals surface area contributed by atoms with Crippen LogP contribution in [-0.4, -0.2) is 36.5 Å². The van der Waals surface area contributed by atoms with Gasteiger partial charge < -0.3 is 14.8 Å². The molecule has 1 aliphatic rings. The number of carbonyl (C=O) groups excluding carboxylic acids is 3. The van der Waals surface area contributed by atoms with Crippen LogP contribution >= 0.6 is 31.9 Å².